The highest BCUT2D eigenvalue weighted by Gasteiger charge is 2.18. The maximum Gasteiger partial charge on any atom is 0.191 e. The highest BCUT2D eigenvalue weighted by atomic mass is 32.1. The Morgan fingerprint density at radius 2 is 2.07 bits per heavy atom. The molecule has 0 unspecified atom stereocenters. The fourth-order valence-corrected chi connectivity index (χ4v) is 4.20. The van der Waals surface area contributed by atoms with E-state index >= 15 is 0 Å². The highest BCUT2D eigenvalue weighted by molar-refractivity contribution is 7.11. The Bertz CT molecular complexity index is 800. The van der Waals surface area contributed by atoms with Gasteiger partial charge in [-0.05, 0) is 57.2 Å². The molecule has 0 radical (unpaired) electrons. The molecule has 1 aliphatic carbocycles. The van der Waals surface area contributed by atoms with Crippen molar-refractivity contribution in [3.05, 3.63) is 39.8 Å². The number of nitrogens with one attached hydrogen (secondary N) is 2. The van der Waals surface area contributed by atoms with Gasteiger partial charge in [-0.15, -0.1) is 11.3 Å². The molecule has 3 rings (SSSR count). The van der Waals surface area contributed by atoms with Crippen molar-refractivity contribution in [2.24, 2.45) is 4.99 Å². The number of ether oxygens (including phenoxy) is 2. The van der Waals surface area contributed by atoms with Crippen LogP contribution in [0.3, 0.4) is 0 Å². The number of rotatable bonds is 9. The fourth-order valence-electron chi connectivity index (χ4n) is 3.41. The number of aryl methyl sites for hydroxylation is 1. The molecule has 1 saturated carbocycles. The predicted molar refractivity (Wildman–Crippen MR) is 119 cm³/mol. The van der Waals surface area contributed by atoms with E-state index in [1.54, 1.807) is 18.4 Å². The Morgan fingerprint density at radius 1 is 1.24 bits per heavy atom. The zero-order chi connectivity index (χ0) is 20.5. The number of aromatic nitrogens is 1. The molecular formula is C22H32N4O2S. The van der Waals surface area contributed by atoms with Crippen LogP contribution in [0.2, 0.25) is 0 Å². The minimum Gasteiger partial charge on any atom is -0.493 e. The van der Waals surface area contributed by atoms with Crippen LogP contribution in [0, 0.1) is 6.92 Å². The van der Waals surface area contributed by atoms with Crippen molar-refractivity contribution in [1.82, 2.24) is 15.6 Å². The van der Waals surface area contributed by atoms with Crippen molar-refractivity contribution < 1.29 is 9.47 Å². The predicted octanol–water partition coefficient (Wildman–Crippen LogP) is 4.08. The van der Waals surface area contributed by atoms with E-state index < -0.39 is 0 Å². The lowest BCUT2D eigenvalue weighted by Gasteiger charge is -2.17. The summed E-state index contributed by atoms with van der Waals surface area (Å²) >= 11 is 1.74. The van der Waals surface area contributed by atoms with E-state index in [0.29, 0.717) is 12.6 Å². The van der Waals surface area contributed by atoms with Crippen LogP contribution in [0.5, 0.6) is 11.5 Å². The van der Waals surface area contributed by atoms with Gasteiger partial charge in [-0.25, -0.2) is 9.98 Å². The van der Waals surface area contributed by atoms with Gasteiger partial charge in [0, 0.05) is 30.6 Å². The summed E-state index contributed by atoms with van der Waals surface area (Å²) in [6.45, 7) is 6.36. The van der Waals surface area contributed by atoms with Crippen LogP contribution in [0.1, 0.15) is 48.1 Å². The van der Waals surface area contributed by atoms with Crippen LogP contribution >= 0.6 is 11.3 Å². The standard InChI is InChI=1S/C22H32N4O2S/c1-4-23-22(24-12-11-21-25-14-16(2)29-21)26-15-17-9-10-19(27-3)20(13-17)28-18-7-5-6-8-18/h9-10,13-14,18H,4-8,11-12,15H2,1-3H3,(H2,23,24,26). The van der Waals surface area contributed by atoms with Crippen molar-refractivity contribution in [3.8, 4) is 11.5 Å². The number of hydrogen-bond acceptors (Lipinski definition) is 5. The van der Waals surface area contributed by atoms with Gasteiger partial charge >= 0.3 is 0 Å². The number of aliphatic imine (C=N–C) groups is 1. The van der Waals surface area contributed by atoms with Crippen LogP contribution in [0.4, 0.5) is 0 Å². The van der Waals surface area contributed by atoms with Gasteiger partial charge in [-0.3, -0.25) is 0 Å². The van der Waals surface area contributed by atoms with Crippen molar-refractivity contribution in [2.45, 2.75) is 58.6 Å². The van der Waals surface area contributed by atoms with E-state index in [1.807, 2.05) is 18.3 Å². The number of benzene rings is 1. The maximum absolute atomic E-state index is 6.20. The Balaban J connectivity index is 1.59. The molecule has 1 aromatic carbocycles. The molecular weight excluding hydrogens is 384 g/mol. The van der Waals surface area contributed by atoms with Crippen molar-refractivity contribution >= 4 is 17.3 Å². The Kier molecular flexibility index (Phi) is 8.16. The lowest BCUT2D eigenvalue weighted by atomic mass is 10.2. The van der Waals surface area contributed by atoms with Crippen LogP contribution in [-0.4, -0.2) is 37.2 Å². The van der Waals surface area contributed by atoms with Crippen LogP contribution in [0.15, 0.2) is 29.4 Å². The molecule has 6 nitrogen and oxygen atoms in total. The zero-order valence-electron chi connectivity index (χ0n) is 17.7. The quantitative estimate of drug-likeness (QED) is 0.476. The molecule has 1 heterocycles. The highest BCUT2D eigenvalue weighted by Crippen LogP contribution is 2.32. The fraction of sp³-hybridized carbons (Fsp3) is 0.545. The zero-order valence-corrected chi connectivity index (χ0v) is 18.5. The molecule has 158 valence electrons. The van der Waals surface area contributed by atoms with Crippen LogP contribution in [0.25, 0.3) is 0 Å². The summed E-state index contributed by atoms with van der Waals surface area (Å²) in [5, 5.41) is 7.85. The monoisotopic (exact) mass is 416 g/mol. The number of hydrogen-bond donors (Lipinski definition) is 2. The lowest BCUT2D eigenvalue weighted by Crippen LogP contribution is -2.38. The van der Waals surface area contributed by atoms with Gasteiger partial charge in [0.15, 0.2) is 17.5 Å². The molecule has 0 aliphatic heterocycles. The largest absolute Gasteiger partial charge is 0.493 e. The first-order valence-electron chi connectivity index (χ1n) is 10.4. The van der Waals surface area contributed by atoms with E-state index in [0.717, 1.165) is 60.4 Å². The van der Waals surface area contributed by atoms with Crippen LogP contribution < -0.4 is 20.1 Å². The third-order valence-corrected chi connectivity index (χ3v) is 5.86. The maximum atomic E-state index is 6.20. The minimum absolute atomic E-state index is 0.302. The molecule has 0 atom stereocenters. The number of thiazole rings is 1. The Morgan fingerprint density at radius 3 is 2.76 bits per heavy atom. The minimum atomic E-state index is 0.302. The molecule has 29 heavy (non-hydrogen) atoms. The smallest absolute Gasteiger partial charge is 0.191 e. The van der Waals surface area contributed by atoms with Crippen LogP contribution in [-0.2, 0) is 13.0 Å². The molecule has 2 N–H and O–H groups in total. The summed E-state index contributed by atoms with van der Waals surface area (Å²) in [5.74, 6) is 2.42. The average Bonchev–Trinajstić information content (AvgIpc) is 3.38. The SMILES string of the molecule is CCNC(=NCc1ccc(OC)c(OC2CCCC2)c1)NCCc1ncc(C)s1. The summed E-state index contributed by atoms with van der Waals surface area (Å²) in [6.07, 6.45) is 7.86. The van der Waals surface area contributed by atoms with Gasteiger partial charge in [0.2, 0.25) is 0 Å². The number of guanidine groups is 1. The lowest BCUT2D eigenvalue weighted by molar-refractivity contribution is 0.200. The molecule has 0 amide bonds. The van der Waals surface area contributed by atoms with E-state index in [-0.39, 0.29) is 0 Å². The third kappa shape index (κ3) is 6.63. The normalized spacial score (nSPS) is 14.8. The van der Waals surface area contributed by atoms with E-state index in [4.69, 9.17) is 14.5 Å². The first kappa shape index (κ1) is 21.4. The summed E-state index contributed by atoms with van der Waals surface area (Å²) in [4.78, 5) is 10.4. The van der Waals surface area contributed by atoms with E-state index in [2.05, 4.69) is 35.5 Å². The molecule has 1 aromatic heterocycles. The van der Waals surface area contributed by atoms with Crippen molar-refractivity contribution in [1.29, 1.82) is 0 Å². The molecule has 0 spiro atoms. The third-order valence-electron chi connectivity index (χ3n) is 4.89. The Hall–Kier alpha value is -2.28. The molecule has 0 bridgehead atoms. The van der Waals surface area contributed by atoms with Crippen molar-refractivity contribution in [3.63, 3.8) is 0 Å². The summed E-state index contributed by atoms with van der Waals surface area (Å²) < 4.78 is 11.7. The van der Waals surface area contributed by atoms with Gasteiger partial charge in [-0.2, -0.15) is 0 Å². The first-order valence-corrected chi connectivity index (χ1v) is 11.3. The van der Waals surface area contributed by atoms with E-state index in [1.165, 1.54) is 17.7 Å². The molecule has 2 aromatic rings. The molecule has 1 fully saturated rings. The van der Waals surface area contributed by atoms with Gasteiger partial charge in [0.05, 0.1) is 24.8 Å². The summed E-state index contributed by atoms with van der Waals surface area (Å²) in [5.41, 5.74) is 1.10. The van der Waals surface area contributed by atoms with Gasteiger partial charge in [-0.1, -0.05) is 6.07 Å². The van der Waals surface area contributed by atoms with Gasteiger partial charge < -0.3 is 20.1 Å². The van der Waals surface area contributed by atoms with E-state index in [9.17, 15) is 0 Å². The summed E-state index contributed by atoms with van der Waals surface area (Å²) in [7, 11) is 1.69. The number of methoxy groups -OCH3 is 1. The molecule has 1 aliphatic rings. The first-order chi connectivity index (χ1) is 14.2. The topological polar surface area (TPSA) is 67.8 Å². The second-order valence-electron chi connectivity index (χ2n) is 7.25. The second-order valence-corrected chi connectivity index (χ2v) is 8.57. The van der Waals surface area contributed by atoms with Crippen molar-refractivity contribution in [2.75, 3.05) is 20.2 Å². The number of nitrogens with zero attached hydrogens (tertiary/aromatic N) is 2. The molecule has 7 heteroatoms. The van der Waals surface area contributed by atoms with Gasteiger partial charge in [0.1, 0.15) is 0 Å². The molecule has 0 saturated heterocycles. The summed E-state index contributed by atoms with van der Waals surface area (Å²) in [6, 6.07) is 6.08. The Labute approximate surface area is 177 Å². The second kappa shape index (κ2) is 11.0. The average molecular weight is 417 g/mol. The van der Waals surface area contributed by atoms with Gasteiger partial charge in [0.25, 0.3) is 0 Å².